The Morgan fingerprint density at radius 1 is 1.44 bits per heavy atom. The number of likely N-dealkylation sites (tertiary alicyclic amines) is 1. The molecule has 1 aliphatic heterocycles. The molecule has 25 heavy (non-hydrogen) atoms. The number of carbonyl (C=O) groups excluding carboxylic acids is 2. The molecule has 134 valence electrons. The summed E-state index contributed by atoms with van der Waals surface area (Å²) in [6.45, 7) is 3.09. The van der Waals surface area contributed by atoms with E-state index in [1.807, 2.05) is 13.0 Å². The number of nitrogens with zero attached hydrogens (tertiary/aromatic N) is 2. The number of H-pyrrole nitrogens is 1. The van der Waals surface area contributed by atoms with Crippen molar-refractivity contribution in [1.82, 2.24) is 14.9 Å². The van der Waals surface area contributed by atoms with E-state index in [2.05, 4.69) is 9.97 Å². The minimum absolute atomic E-state index is 0.0447. The molecule has 2 amide bonds. The van der Waals surface area contributed by atoms with Crippen molar-refractivity contribution in [3.8, 4) is 0 Å². The molecule has 0 radical (unpaired) electrons. The monoisotopic (exact) mass is 380 g/mol. The van der Waals surface area contributed by atoms with E-state index >= 15 is 0 Å². The number of carbonyl (C=O) groups is 2. The highest BCUT2D eigenvalue weighted by molar-refractivity contribution is 7.99. The van der Waals surface area contributed by atoms with Crippen molar-refractivity contribution in [3.05, 3.63) is 27.1 Å². The number of aromatic nitrogens is 2. The van der Waals surface area contributed by atoms with Crippen LogP contribution in [0.25, 0.3) is 10.2 Å². The van der Waals surface area contributed by atoms with Gasteiger partial charge in [0.05, 0.1) is 16.9 Å². The van der Waals surface area contributed by atoms with Crippen LogP contribution in [0.15, 0.2) is 10.9 Å². The third-order valence-corrected chi connectivity index (χ3v) is 6.16. The maximum Gasteiger partial charge on any atom is 0.259 e. The zero-order chi connectivity index (χ0) is 18.0. The van der Waals surface area contributed by atoms with Crippen LogP contribution in [0.3, 0.4) is 0 Å². The predicted molar refractivity (Wildman–Crippen MR) is 99.6 cm³/mol. The van der Waals surface area contributed by atoms with Crippen molar-refractivity contribution in [2.24, 2.45) is 11.7 Å². The Morgan fingerprint density at radius 3 is 2.84 bits per heavy atom. The number of hydrogen-bond donors (Lipinski definition) is 2. The summed E-state index contributed by atoms with van der Waals surface area (Å²) >= 11 is 2.92. The first-order chi connectivity index (χ1) is 11.9. The maximum atomic E-state index is 12.2. The predicted octanol–water partition coefficient (Wildman–Crippen LogP) is 1.25. The molecule has 0 unspecified atom stereocenters. The largest absolute Gasteiger partial charge is 0.369 e. The van der Waals surface area contributed by atoms with E-state index in [-0.39, 0.29) is 23.3 Å². The van der Waals surface area contributed by atoms with Gasteiger partial charge in [0.25, 0.3) is 5.56 Å². The molecular formula is C16H20N4O3S2. The first-order valence-corrected chi connectivity index (χ1v) is 10.1. The molecule has 2 aromatic rings. The maximum absolute atomic E-state index is 12.2. The standard InChI is InChI=1S/C16H20N4O3S2/c1-9-6-11-15(23)18-12(19-16(11)25-9)7-24-8-13(21)20-4-2-10(3-5-20)14(17)22/h6,10H,2-5,7-8H2,1H3,(H2,17,22)(H,18,19,23). The molecule has 3 N–H and O–H groups in total. The minimum atomic E-state index is -0.282. The number of thiophene rings is 1. The SMILES string of the molecule is Cc1cc2c(=O)[nH]c(CSCC(=O)N3CCC(C(N)=O)CC3)nc2s1. The molecule has 0 aliphatic carbocycles. The zero-order valence-corrected chi connectivity index (χ0v) is 15.5. The van der Waals surface area contributed by atoms with Gasteiger partial charge in [0, 0.05) is 23.9 Å². The number of hydrogen-bond acceptors (Lipinski definition) is 6. The second-order valence-corrected chi connectivity index (χ2v) is 8.36. The van der Waals surface area contributed by atoms with Crippen LogP contribution < -0.4 is 11.3 Å². The lowest BCUT2D eigenvalue weighted by Crippen LogP contribution is -2.42. The second kappa shape index (κ2) is 7.57. The smallest absolute Gasteiger partial charge is 0.259 e. The van der Waals surface area contributed by atoms with Gasteiger partial charge in [-0.2, -0.15) is 0 Å². The average molecular weight is 380 g/mol. The topological polar surface area (TPSA) is 109 Å². The van der Waals surface area contributed by atoms with Gasteiger partial charge >= 0.3 is 0 Å². The number of nitrogens with one attached hydrogen (secondary N) is 1. The van der Waals surface area contributed by atoms with Gasteiger partial charge in [-0.25, -0.2) is 4.98 Å². The van der Waals surface area contributed by atoms with Crippen LogP contribution in [0.1, 0.15) is 23.5 Å². The highest BCUT2D eigenvalue weighted by atomic mass is 32.2. The second-order valence-electron chi connectivity index (χ2n) is 6.14. The number of rotatable bonds is 5. The van der Waals surface area contributed by atoms with Crippen molar-refractivity contribution in [2.45, 2.75) is 25.5 Å². The van der Waals surface area contributed by atoms with E-state index in [1.165, 1.54) is 23.1 Å². The summed E-state index contributed by atoms with van der Waals surface area (Å²) in [4.78, 5) is 46.2. The summed E-state index contributed by atoms with van der Waals surface area (Å²) in [5.74, 6) is 1.04. The lowest BCUT2D eigenvalue weighted by Gasteiger charge is -2.30. The van der Waals surface area contributed by atoms with E-state index in [1.54, 1.807) is 4.90 Å². The third-order valence-electron chi connectivity index (χ3n) is 4.29. The van der Waals surface area contributed by atoms with Crippen molar-refractivity contribution in [3.63, 3.8) is 0 Å². The summed E-state index contributed by atoms with van der Waals surface area (Å²) in [6, 6.07) is 1.84. The fourth-order valence-electron chi connectivity index (χ4n) is 2.90. The van der Waals surface area contributed by atoms with Gasteiger partial charge in [-0.3, -0.25) is 14.4 Å². The molecule has 2 aromatic heterocycles. The molecule has 3 heterocycles. The normalized spacial score (nSPS) is 15.6. The lowest BCUT2D eigenvalue weighted by molar-refractivity contribution is -0.132. The number of nitrogens with two attached hydrogens (primary N) is 1. The third kappa shape index (κ3) is 4.21. The van der Waals surface area contributed by atoms with E-state index in [4.69, 9.17) is 5.73 Å². The van der Waals surface area contributed by atoms with Crippen LogP contribution >= 0.6 is 23.1 Å². The number of aromatic amines is 1. The Morgan fingerprint density at radius 2 is 2.16 bits per heavy atom. The Labute approximate surface area is 153 Å². The Kier molecular flexibility index (Phi) is 5.43. The van der Waals surface area contributed by atoms with E-state index in [9.17, 15) is 14.4 Å². The van der Waals surface area contributed by atoms with Gasteiger partial charge in [0.15, 0.2) is 0 Å². The van der Waals surface area contributed by atoms with Crippen LogP contribution in [0.2, 0.25) is 0 Å². The summed E-state index contributed by atoms with van der Waals surface area (Å²) in [6.07, 6.45) is 1.27. The summed E-state index contributed by atoms with van der Waals surface area (Å²) in [5.41, 5.74) is 5.17. The summed E-state index contributed by atoms with van der Waals surface area (Å²) < 4.78 is 0. The number of aryl methyl sites for hydroxylation is 1. The molecule has 0 saturated carbocycles. The van der Waals surface area contributed by atoms with Gasteiger partial charge in [0.1, 0.15) is 10.7 Å². The van der Waals surface area contributed by atoms with Gasteiger partial charge in [0.2, 0.25) is 11.8 Å². The number of fused-ring (bicyclic) bond motifs is 1. The quantitative estimate of drug-likeness (QED) is 0.811. The molecule has 0 atom stereocenters. The van der Waals surface area contributed by atoms with Crippen molar-refractivity contribution >= 4 is 45.1 Å². The molecule has 1 saturated heterocycles. The van der Waals surface area contributed by atoms with Gasteiger partial charge in [-0.05, 0) is 25.8 Å². The van der Waals surface area contributed by atoms with Gasteiger partial charge in [-0.1, -0.05) is 0 Å². The van der Waals surface area contributed by atoms with Crippen molar-refractivity contribution < 1.29 is 9.59 Å². The first-order valence-electron chi connectivity index (χ1n) is 8.08. The first kappa shape index (κ1) is 17.9. The van der Waals surface area contributed by atoms with E-state index in [0.717, 1.165) is 9.71 Å². The summed E-state index contributed by atoms with van der Waals surface area (Å²) in [5, 5.41) is 0.615. The van der Waals surface area contributed by atoms with Crippen molar-refractivity contribution in [2.75, 3.05) is 18.8 Å². The molecule has 0 bridgehead atoms. The summed E-state index contributed by atoms with van der Waals surface area (Å²) in [7, 11) is 0. The number of piperidine rings is 1. The molecule has 7 nitrogen and oxygen atoms in total. The van der Waals surface area contributed by atoms with E-state index < -0.39 is 0 Å². The zero-order valence-electron chi connectivity index (χ0n) is 13.9. The Bertz CT molecular complexity index is 853. The molecule has 9 heteroatoms. The molecule has 3 rings (SSSR count). The number of amides is 2. The van der Waals surface area contributed by atoms with Gasteiger partial charge in [-0.15, -0.1) is 23.1 Å². The van der Waals surface area contributed by atoms with Crippen molar-refractivity contribution in [1.29, 1.82) is 0 Å². The number of thioether (sulfide) groups is 1. The minimum Gasteiger partial charge on any atom is -0.369 e. The number of primary amides is 1. The molecule has 1 fully saturated rings. The van der Waals surface area contributed by atoms with Gasteiger partial charge < -0.3 is 15.6 Å². The van der Waals surface area contributed by atoms with Crippen LogP contribution in [0.5, 0.6) is 0 Å². The molecule has 1 aliphatic rings. The molecular weight excluding hydrogens is 360 g/mol. The van der Waals surface area contributed by atoms with Crippen LogP contribution in [0.4, 0.5) is 0 Å². The van der Waals surface area contributed by atoms with Crippen LogP contribution in [-0.4, -0.2) is 45.5 Å². The fraction of sp³-hybridized carbons (Fsp3) is 0.500. The van der Waals surface area contributed by atoms with Crippen LogP contribution in [0, 0.1) is 12.8 Å². The Balaban J connectivity index is 1.52. The lowest BCUT2D eigenvalue weighted by atomic mass is 9.96. The average Bonchev–Trinajstić information content (AvgIpc) is 2.96. The Hall–Kier alpha value is -1.87. The fourth-order valence-corrected chi connectivity index (χ4v) is 4.59. The molecule has 0 aromatic carbocycles. The highest BCUT2D eigenvalue weighted by Crippen LogP contribution is 2.21. The molecule has 0 spiro atoms. The van der Waals surface area contributed by atoms with Crippen LogP contribution in [-0.2, 0) is 15.3 Å². The van der Waals surface area contributed by atoms with E-state index in [0.29, 0.717) is 48.6 Å². The highest BCUT2D eigenvalue weighted by Gasteiger charge is 2.25.